The first-order valence-electron chi connectivity index (χ1n) is 8.55. The fourth-order valence-electron chi connectivity index (χ4n) is 3.20. The van der Waals surface area contributed by atoms with Crippen molar-refractivity contribution in [2.75, 3.05) is 10.6 Å². The number of amides is 1. The average Bonchev–Trinajstić information content (AvgIpc) is 3.07. The zero-order valence-electron chi connectivity index (χ0n) is 14.3. The first kappa shape index (κ1) is 16.9. The highest BCUT2D eigenvalue weighted by Gasteiger charge is 2.26. The van der Waals surface area contributed by atoms with Crippen LogP contribution < -0.4 is 10.6 Å². The van der Waals surface area contributed by atoms with Crippen molar-refractivity contribution in [2.45, 2.75) is 12.8 Å². The predicted octanol–water partition coefficient (Wildman–Crippen LogP) is 4.35. The van der Waals surface area contributed by atoms with Crippen molar-refractivity contribution < 1.29 is 14.0 Å². The summed E-state index contributed by atoms with van der Waals surface area (Å²) < 4.78 is 13.0. The normalized spacial score (nSPS) is 12.6. The minimum atomic E-state index is -0.409. The number of ketones is 1. The van der Waals surface area contributed by atoms with Crippen molar-refractivity contribution in [2.24, 2.45) is 0 Å². The van der Waals surface area contributed by atoms with Gasteiger partial charge in [-0.15, -0.1) is 0 Å². The molecule has 4 rings (SSSR count). The van der Waals surface area contributed by atoms with Gasteiger partial charge in [0, 0.05) is 29.4 Å². The van der Waals surface area contributed by atoms with Crippen molar-refractivity contribution >= 4 is 28.8 Å². The number of hydrogen-bond acceptors (Lipinski definition) is 4. The Kier molecular flexibility index (Phi) is 4.38. The molecule has 1 aliphatic carbocycles. The van der Waals surface area contributed by atoms with Crippen molar-refractivity contribution in [1.29, 1.82) is 0 Å². The van der Waals surface area contributed by atoms with Gasteiger partial charge >= 0.3 is 0 Å². The lowest BCUT2D eigenvalue weighted by Gasteiger charge is -2.15. The van der Waals surface area contributed by atoms with Crippen LogP contribution in [0.2, 0.25) is 0 Å². The Balaban J connectivity index is 1.64. The first-order chi connectivity index (χ1) is 13.1. The van der Waals surface area contributed by atoms with Crippen LogP contribution in [0.4, 0.5) is 21.5 Å². The number of benzene rings is 2. The van der Waals surface area contributed by atoms with E-state index in [9.17, 15) is 14.0 Å². The molecule has 0 radical (unpaired) electrons. The van der Waals surface area contributed by atoms with Crippen molar-refractivity contribution in [3.63, 3.8) is 0 Å². The maximum Gasteiger partial charge on any atom is 0.255 e. The Bertz CT molecular complexity index is 1020. The molecule has 2 N–H and O–H groups in total. The summed E-state index contributed by atoms with van der Waals surface area (Å²) in [5.41, 5.74) is 3.85. The van der Waals surface area contributed by atoms with Crippen LogP contribution in [0.3, 0.4) is 0 Å². The fraction of sp³-hybridized carbons (Fsp3) is 0.0952. The largest absolute Gasteiger partial charge is 0.354 e. The molecule has 0 bridgehead atoms. The minimum absolute atomic E-state index is 0.00533. The van der Waals surface area contributed by atoms with Gasteiger partial charge in [-0.25, -0.2) is 4.39 Å². The van der Waals surface area contributed by atoms with E-state index >= 15 is 0 Å². The van der Waals surface area contributed by atoms with E-state index in [-0.39, 0.29) is 11.7 Å². The number of carbonyl (C=O) groups excluding carboxylic acids is 2. The van der Waals surface area contributed by atoms with E-state index in [1.165, 1.54) is 24.3 Å². The molecular formula is C21H16FN3O2. The molecule has 1 aliphatic rings. The smallest absolute Gasteiger partial charge is 0.255 e. The molecule has 27 heavy (non-hydrogen) atoms. The molecule has 0 saturated carbocycles. The third kappa shape index (κ3) is 3.42. The Morgan fingerprint density at radius 1 is 1.00 bits per heavy atom. The summed E-state index contributed by atoms with van der Waals surface area (Å²) in [5, 5.41) is 6.05. The number of halogens is 1. The third-order valence-electron chi connectivity index (χ3n) is 4.49. The van der Waals surface area contributed by atoms with Crippen LogP contribution >= 0.6 is 0 Å². The van der Waals surface area contributed by atoms with Crippen molar-refractivity contribution in [1.82, 2.24) is 4.98 Å². The van der Waals surface area contributed by atoms with Gasteiger partial charge in [-0.3, -0.25) is 14.6 Å². The van der Waals surface area contributed by atoms with E-state index in [0.717, 1.165) is 16.9 Å². The number of carbonyl (C=O) groups is 2. The zero-order chi connectivity index (χ0) is 18.8. The fourth-order valence-corrected chi connectivity index (χ4v) is 3.20. The second-order valence-corrected chi connectivity index (χ2v) is 6.27. The number of nitrogens with zero attached hydrogens (tertiary/aromatic N) is 1. The number of Topliss-reactive ketones (excluding diaryl/α,β-unsaturated/α-hetero) is 1. The molecular weight excluding hydrogens is 345 g/mol. The number of hydrogen-bond donors (Lipinski definition) is 2. The van der Waals surface area contributed by atoms with E-state index in [0.29, 0.717) is 29.7 Å². The van der Waals surface area contributed by atoms with Crippen molar-refractivity contribution in [3.8, 4) is 0 Å². The van der Waals surface area contributed by atoms with Gasteiger partial charge in [0.05, 0.1) is 17.6 Å². The highest BCUT2D eigenvalue weighted by molar-refractivity contribution is 6.12. The summed E-state index contributed by atoms with van der Waals surface area (Å²) in [6.45, 7) is 0. The summed E-state index contributed by atoms with van der Waals surface area (Å²) in [5.74, 6) is -0.799. The second kappa shape index (κ2) is 6.99. The van der Waals surface area contributed by atoms with Gasteiger partial charge in [-0.1, -0.05) is 0 Å². The monoisotopic (exact) mass is 361 g/mol. The number of nitrogens with one attached hydrogen (secondary N) is 2. The second-order valence-electron chi connectivity index (χ2n) is 6.27. The van der Waals surface area contributed by atoms with Crippen LogP contribution in [0.15, 0.2) is 60.9 Å². The Labute approximate surface area is 155 Å². The van der Waals surface area contributed by atoms with Gasteiger partial charge in [0.1, 0.15) is 5.82 Å². The topological polar surface area (TPSA) is 71.1 Å². The van der Waals surface area contributed by atoms with Crippen LogP contribution in [-0.2, 0) is 6.42 Å². The van der Waals surface area contributed by atoms with Crippen LogP contribution in [-0.4, -0.2) is 16.7 Å². The number of pyridine rings is 1. The first-order valence-corrected chi connectivity index (χ1v) is 8.55. The molecule has 0 saturated heterocycles. The van der Waals surface area contributed by atoms with Gasteiger partial charge in [0.25, 0.3) is 5.91 Å². The van der Waals surface area contributed by atoms with Gasteiger partial charge in [0.2, 0.25) is 0 Å². The molecule has 0 aliphatic heterocycles. The number of aromatic nitrogens is 1. The molecule has 0 spiro atoms. The Hall–Kier alpha value is -3.54. The predicted molar refractivity (Wildman–Crippen MR) is 101 cm³/mol. The molecule has 6 heteroatoms. The minimum Gasteiger partial charge on any atom is -0.354 e. The Morgan fingerprint density at radius 2 is 1.78 bits per heavy atom. The number of fused-ring (bicyclic) bond motifs is 1. The molecule has 0 atom stereocenters. The molecule has 0 fully saturated rings. The van der Waals surface area contributed by atoms with Gasteiger partial charge < -0.3 is 10.6 Å². The molecule has 5 nitrogen and oxygen atoms in total. The molecule has 1 aromatic heterocycles. The molecule has 134 valence electrons. The molecule has 0 unspecified atom stereocenters. The lowest BCUT2D eigenvalue weighted by molar-refractivity contribution is 0.0995. The average molecular weight is 361 g/mol. The van der Waals surface area contributed by atoms with E-state index in [1.54, 1.807) is 18.5 Å². The standard InChI is InChI=1S/C21H16FN3O2/c22-14-5-3-13(4-6-14)21(27)25-18-9-8-17(16-7-10-19(26)20(16)18)24-15-2-1-11-23-12-15/h1-6,8-9,11-12,24H,7,10H2,(H,25,27). The summed E-state index contributed by atoms with van der Waals surface area (Å²) in [6, 6.07) is 12.5. The van der Waals surface area contributed by atoms with Crippen LogP contribution in [0, 0.1) is 5.82 Å². The lowest BCUT2D eigenvalue weighted by Crippen LogP contribution is -2.14. The van der Waals surface area contributed by atoms with Crippen LogP contribution in [0.25, 0.3) is 0 Å². The van der Waals surface area contributed by atoms with Gasteiger partial charge in [-0.05, 0) is 60.5 Å². The van der Waals surface area contributed by atoms with E-state index in [4.69, 9.17) is 0 Å². The molecule has 1 heterocycles. The van der Waals surface area contributed by atoms with Crippen molar-refractivity contribution in [3.05, 3.63) is 83.4 Å². The summed E-state index contributed by atoms with van der Waals surface area (Å²) >= 11 is 0. The number of rotatable bonds is 4. The lowest BCUT2D eigenvalue weighted by atomic mass is 10.0. The zero-order valence-corrected chi connectivity index (χ0v) is 14.3. The highest BCUT2D eigenvalue weighted by atomic mass is 19.1. The maximum absolute atomic E-state index is 13.0. The van der Waals surface area contributed by atoms with Gasteiger partial charge in [0.15, 0.2) is 5.78 Å². The van der Waals surface area contributed by atoms with Gasteiger partial charge in [-0.2, -0.15) is 0 Å². The highest BCUT2D eigenvalue weighted by Crippen LogP contribution is 2.36. The number of anilines is 3. The van der Waals surface area contributed by atoms with E-state index in [1.807, 2.05) is 18.2 Å². The maximum atomic E-state index is 13.0. The van der Waals surface area contributed by atoms with Crippen LogP contribution in [0.1, 0.15) is 32.7 Å². The summed E-state index contributed by atoms with van der Waals surface area (Å²) in [4.78, 5) is 28.9. The van der Waals surface area contributed by atoms with E-state index < -0.39 is 5.82 Å². The molecule has 3 aromatic rings. The summed E-state index contributed by atoms with van der Waals surface area (Å²) in [7, 11) is 0. The molecule has 2 aromatic carbocycles. The third-order valence-corrected chi connectivity index (χ3v) is 4.49. The van der Waals surface area contributed by atoms with E-state index in [2.05, 4.69) is 15.6 Å². The quantitative estimate of drug-likeness (QED) is 0.725. The molecule has 1 amide bonds. The SMILES string of the molecule is O=C(Nc1ccc(Nc2cccnc2)c2c1C(=O)CC2)c1ccc(F)cc1. The van der Waals surface area contributed by atoms with Crippen LogP contribution in [0.5, 0.6) is 0 Å². The Morgan fingerprint density at radius 3 is 2.52 bits per heavy atom. The summed E-state index contributed by atoms with van der Waals surface area (Å²) in [6.07, 6.45) is 4.40.